The van der Waals surface area contributed by atoms with Gasteiger partial charge in [-0.3, -0.25) is 9.59 Å². The predicted octanol–water partition coefficient (Wildman–Crippen LogP) is 3.23. The number of benzene rings is 2. The van der Waals surface area contributed by atoms with Crippen LogP contribution >= 0.6 is 0 Å². The van der Waals surface area contributed by atoms with Crippen LogP contribution in [0, 0.1) is 0 Å². The Bertz CT molecular complexity index is 1170. The van der Waals surface area contributed by atoms with Gasteiger partial charge in [0, 0.05) is 24.3 Å². The second-order valence-corrected chi connectivity index (χ2v) is 10.0. The van der Waals surface area contributed by atoms with Gasteiger partial charge in [-0.25, -0.2) is 8.42 Å². The van der Waals surface area contributed by atoms with Crippen molar-refractivity contribution in [3.8, 4) is 11.5 Å². The summed E-state index contributed by atoms with van der Waals surface area (Å²) in [7, 11) is -2.41. The van der Waals surface area contributed by atoms with E-state index < -0.39 is 22.0 Å². The number of carbonyl (C=O) groups excluding carboxylic acids is 2. The number of fused-ring (bicyclic) bond motifs is 1. The number of hydrogen-bond donors (Lipinski definition) is 2. The molecule has 0 radical (unpaired) electrons. The molecule has 0 bridgehead atoms. The molecule has 1 fully saturated rings. The van der Waals surface area contributed by atoms with E-state index in [0.29, 0.717) is 30.2 Å². The van der Waals surface area contributed by atoms with E-state index in [9.17, 15) is 18.0 Å². The SMILES string of the molecule is COc1ccc(C(=O)Nc2ccc3c(c2)NC(=O)C(C)O3)cc1S(=O)(=O)N1CCCCCC1. The molecule has 10 heteroatoms. The fourth-order valence-corrected chi connectivity index (χ4v) is 5.63. The molecule has 33 heavy (non-hydrogen) atoms. The van der Waals surface area contributed by atoms with Crippen molar-refractivity contribution in [2.45, 2.75) is 43.6 Å². The number of nitrogens with one attached hydrogen (secondary N) is 2. The predicted molar refractivity (Wildman–Crippen MR) is 123 cm³/mol. The standard InChI is InChI=1S/C23H27N3O6S/c1-15-22(27)25-18-14-17(8-10-19(18)32-15)24-23(28)16-7-9-20(31-2)21(13-16)33(29,30)26-11-5-3-4-6-12-26/h7-10,13-15H,3-6,11-12H2,1-2H3,(H,24,28)(H,25,27). The molecular formula is C23H27N3O6S. The Balaban J connectivity index is 1.59. The lowest BCUT2D eigenvalue weighted by atomic mass is 10.1. The maximum Gasteiger partial charge on any atom is 0.265 e. The average molecular weight is 474 g/mol. The highest BCUT2D eigenvalue weighted by molar-refractivity contribution is 7.89. The molecule has 2 amide bonds. The first-order chi connectivity index (χ1) is 15.8. The first-order valence-corrected chi connectivity index (χ1v) is 12.3. The minimum Gasteiger partial charge on any atom is -0.495 e. The molecule has 2 heterocycles. The van der Waals surface area contributed by atoms with Gasteiger partial charge in [0.25, 0.3) is 11.8 Å². The third-order valence-corrected chi connectivity index (χ3v) is 7.70. The van der Waals surface area contributed by atoms with E-state index in [-0.39, 0.29) is 22.1 Å². The lowest BCUT2D eigenvalue weighted by molar-refractivity contribution is -0.122. The molecule has 2 aliphatic heterocycles. The Morgan fingerprint density at radius 1 is 1.12 bits per heavy atom. The van der Waals surface area contributed by atoms with Crippen LogP contribution in [-0.2, 0) is 14.8 Å². The zero-order valence-corrected chi connectivity index (χ0v) is 19.4. The van der Waals surface area contributed by atoms with Crippen molar-refractivity contribution in [3.63, 3.8) is 0 Å². The maximum atomic E-state index is 13.3. The van der Waals surface area contributed by atoms with Gasteiger partial charge in [0.2, 0.25) is 10.0 Å². The molecule has 176 valence electrons. The van der Waals surface area contributed by atoms with Gasteiger partial charge in [-0.2, -0.15) is 4.31 Å². The Morgan fingerprint density at radius 2 is 1.85 bits per heavy atom. The van der Waals surface area contributed by atoms with Crippen molar-refractivity contribution in [1.29, 1.82) is 0 Å². The topological polar surface area (TPSA) is 114 Å². The molecule has 2 aliphatic rings. The van der Waals surface area contributed by atoms with Gasteiger partial charge in [-0.1, -0.05) is 12.8 Å². The van der Waals surface area contributed by atoms with Crippen molar-refractivity contribution in [3.05, 3.63) is 42.0 Å². The van der Waals surface area contributed by atoms with E-state index in [1.54, 1.807) is 25.1 Å². The molecule has 0 aliphatic carbocycles. The lowest BCUT2D eigenvalue weighted by Crippen LogP contribution is -2.34. The summed E-state index contributed by atoms with van der Waals surface area (Å²) in [6.07, 6.45) is 3.01. The monoisotopic (exact) mass is 473 g/mol. The van der Waals surface area contributed by atoms with E-state index >= 15 is 0 Å². The summed E-state index contributed by atoms with van der Waals surface area (Å²) in [6, 6.07) is 9.25. The summed E-state index contributed by atoms with van der Waals surface area (Å²) < 4.78 is 38.9. The van der Waals surface area contributed by atoms with Gasteiger partial charge in [0.15, 0.2) is 6.10 Å². The largest absolute Gasteiger partial charge is 0.495 e. The van der Waals surface area contributed by atoms with Crippen LogP contribution in [0.2, 0.25) is 0 Å². The smallest absolute Gasteiger partial charge is 0.265 e. The number of methoxy groups -OCH3 is 1. The number of nitrogens with zero attached hydrogens (tertiary/aromatic N) is 1. The maximum absolute atomic E-state index is 13.3. The highest BCUT2D eigenvalue weighted by Gasteiger charge is 2.29. The minimum atomic E-state index is -3.82. The molecule has 0 aromatic heterocycles. The third kappa shape index (κ3) is 4.81. The number of carbonyl (C=O) groups is 2. The summed E-state index contributed by atoms with van der Waals surface area (Å²) in [4.78, 5) is 24.8. The Labute approximate surface area is 193 Å². The molecule has 1 unspecified atom stereocenters. The van der Waals surface area contributed by atoms with Gasteiger partial charge in [-0.05, 0) is 56.2 Å². The summed E-state index contributed by atoms with van der Waals surface area (Å²) in [5.41, 5.74) is 1.07. The van der Waals surface area contributed by atoms with E-state index in [0.717, 1.165) is 25.7 Å². The first-order valence-electron chi connectivity index (χ1n) is 10.9. The Morgan fingerprint density at radius 3 is 2.55 bits per heavy atom. The molecule has 2 aromatic carbocycles. The van der Waals surface area contributed by atoms with Gasteiger partial charge >= 0.3 is 0 Å². The molecule has 2 N–H and O–H groups in total. The third-order valence-electron chi connectivity index (χ3n) is 5.78. The number of rotatable bonds is 5. The molecular weight excluding hydrogens is 446 g/mol. The zero-order valence-electron chi connectivity index (χ0n) is 18.6. The van der Waals surface area contributed by atoms with E-state index in [2.05, 4.69) is 10.6 Å². The fourth-order valence-electron chi connectivity index (χ4n) is 3.93. The van der Waals surface area contributed by atoms with Gasteiger partial charge in [0.1, 0.15) is 16.4 Å². The van der Waals surface area contributed by atoms with Crippen LogP contribution in [0.1, 0.15) is 43.0 Å². The highest BCUT2D eigenvalue weighted by Crippen LogP contribution is 2.33. The number of anilines is 2. The van der Waals surface area contributed by atoms with E-state index in [4.69, 9.17) is 9.47 Å². The summed E-state index contributed by atoms with van der Waals surface area (Å²) >= 11 is 0. The van der Waals surface area contributed by atoms with Crippen LogP contribution < -0.4 is 20.1 Å². The van der Waals surface area contributed by atoms with Crippen LogP contribution in [0.3, 0.4) is 0 Å². The van der Waals surface area contributed by atoms with Crippen molar-refractivity contribution < 1.29 is 27.5 Å². The summed E-state index contributed by atoms with van der Waals surface area (Å²) in [6.45, 7) is 2.54. The van der Waals surface area contributed by atoms with Gasteiger partial charge in [-0.15, -0.1) is 0 Å². The summed E-state index contributed by atoms with van der Waals surface area (Å²) in [5.74, 6) is -0.0558. The molecule has 0 saturated carbocycles. The van der Waals surface area contributed by atoms with Crippen LogP contribution in [0.4, 0.5) is 11.4 Å². The van der Waals surface area contributed by atoms with Crippen LogP contribution in [-0.4, -0.2) is 50.8 Å². The minimum absolute atomic E-state index is 0.0281. The number of sulfonamides is 1. The van der Waals surface area contributed by atoms with Crippen molar-refractivity contribution in [2.24, 2.45) is 0 Å². The second kappa shape index (κ2) is 9.40. The van der Waals surface area contributed by atoms with Crippen molar-refractivity contribution in [2.75, 3.05) is 30.8 Å². The zero-order chi connectivity index (χ0) is 23.6. The quantitative estimate of drug-likeness (QED) is 0.689. The average Bonchev–Trinajstić information content (AvgIpc) is 3.10. The molecule has 0 spiro atoms. The molecule has 2 aromatic rings. The molecule has 1 atom stereocenters. The fraction of sp³-hybridized carbons (Fsp3) is 0.391. The Hall–Kier alpha value is -3.11. The van der Waals surface area contributed by atoms with Crippen molar-refractivity contribution in [1.82, 2.24) is 4.31 Å². The normalized spacial score (nSPS) is 19.0. The molecule has 1 saturated heterocycles. The number of amides is 2. The highest BCUT2D eigenvalue weighted by atomic mass is 32.2. The van der Waals surface area contributed by atoms with Gasteiger partial charge < -0.3 is 20.1 Å². The molecule has 9 nitrogen and oxygen atoms in total. The van der Waals surface area contributed by atoms with Crippen LogP contribution in [0.5, 0.6) is 11.5 Å². The lowest BCUT2D eigenvalue weighted by Gasteiger charge is -2.23. The van der Waals surface area contributed by atoms with E-state index in [1.807, 2.05) is 0 Å². The second-order valence-electron chi connectivity index (χ2n) is 8.10. The molecule has 4 rings (SSSR count). The summed E-state index contributed by atoms with van der Waals surface area (Å²) in [5, 5.41) is 5.48. The van der Waals surface area contributed by atoms with Crippen LogP contribution in [0.15, 0.2) is 41.3 Å². The van der Waals surface area contributed by atoms with Crippen LogP contribution in [0.25, 0.3) is 0 Å². The first kappa shape index (κ1) is 23.1. The van der Waals surface area contributed by atoms with Crippen molar-refractivity contribution >= 4 is 33.2 Å². The van der Waals surface area contributed by atoms with Gasteiger partial charge in [0.05, 0.1) is 12.8 Å². The number of ether oxygens (including phenoxy) is 2. The van der Waals surface area contributed by atoms with E-state index in [1.165, 1.54) is 29.6 Å². The Kier molecular flexibility index (Phi) is 6.57. The number of hydrogen-bond acceptors (Lipinski definition) is 6.